The number of aromatic nitrogens is 2. The molecule has 0 bridgehead atoms. The standard InChI is InChI=1S/C27H35ClN6OS/c1-4-32-10-9-21-23(16-32)36-26-24(21)25(30-17-31-26)33-11-13-34(14-12-33)27(35)22(15-29-18(2)3)19-5-7-20(28)8-6-19/h5-8,17-18,22,29H,4,9-16H2,1-3H3. The van der Waals surface area contributed by atoms with E-state index in [-0.39, 0.29) is 11.8 Å². The van der Waals surface area contributed by atoms with Crippen LogP contribution in [-0.2, 0) is 17.8 Å². The molecule has 1 amide bonds. The average Bonchev–Trinajstić information content (AvgIpc) is 3.27. The lowest BCUT2D eigenvalue weighted by atomic mass is 9.96. The summed E-state index contributed by atoms with van der Waals surface area (Å²) in [4.78, 5) is 32.4. The molecular formula is C27H35ClN6OS. The number of rotatable bonds is 7. The Balaban J connectivity index is 1.32. The molecule has 4 heterocycles. The molecule has 2 aliphatic heterocycles. The second-order valence-electron chi connectivity index (χ2n) is 9.98. The highest BCUT2D eigenvalue weighted by atomic mass is 35.5. The molecule has 2 aliphatic rings. The number of hydrogen-bond donors (Lipinski definition) is 1. The molecule has 5 rings (SSSR count). The quantitative estimate of drug-likeness (QED) is 0.499. The van der Waals surface area contributed by atoms with Crippen molar-refractivity contribution in [3.05, 3.63) is 51.6 Å². The summed E-state index contributed by atoms with van der Waals surface area (Å²) >= 11 is 7.92. The van der Waals surface area contributed by atoms with Crippen molar-refractivity contribution in [1.29, 1.82) is 0 Å². The maximum Gasteiger partial charge on any atom is 0.231 e. The molecule has 0 radical (unpaired) electrons. The lowest BCUT2D eigenvalue weighted by Crippen LogP contribution is -2.51. The maximum atomic E-state index is 13.7. The zero-order chi connectivity index (χ0) is 25.2. The fourth-order valence-corrected chi connectivity index (χ4v) is 6.58. The van der Waals surface area contributed by atoms with Crippen molar-refractivity contribution in [2.75, 3.05) is 50.7 Å². The van der Waals surface area contributed by atoms with Crippen molar-refractivity contribution >= 4 is 44.9 Å². The van der Waals surface area contributed by atoms with Crippen LogP contribution in [0.25, 0.3) is 10.2 Å². The van der Waals surface area contributed by atoms with E-state index in [1.807, 2.05) is 40.5 Å². The first kappa shape index (κ1) is 25.4. The van der Waals surface area contributed by atoms with Crippen LogP contribution in [0.1, 0.15) is 42.7 Å². The largest absolute Gasteiger partial charge is 0.352 e. The second kappa shape index (κ2) is 11.0. The van der Waals surface area contributed by atoms with Crippen molar-refractivity contribution in [2.24, 2.45) is 0 Å². The molecule has 1 aromatic carbocycles. The Bertz CT molecular complexity index is 1200. The van der Waals surface area contributed by atoms with Gasteiger partial charge in [-0.05, 0) is 36.2 Å². The van der Waals surface area contributed by atoms with Crippen molar-refractivity contribution < 1.29 is 4.79 Å². The fraction of sp³-hybridized carbons (Fsp3) is 0.519. The summed E-state index contributed by atoms with van der Waals surface area (Å²) in [5.41, 5.74) is 2.43. The second-order valence-corrected chi connectivity index (χ2v) is 11.5. The van der Waals surface area contributed by atoms with Gasteiger partial charge in [0.15, 0.2) is 0 Å². The van der Waals surface area contributed by atoms with E-state index < -0.39 is 0 Å². The molecule has 1 unspecified atom stereocenters. The van der Waals surface area contributed by atoms with Crippen LogP contribution < -0.4 is 10.2 Å². The van der Waals surface area contributed by atoms with E-state index in [4.69, 9.17) is 16.6 Å². The molecule has 3 aromatic rings. The van der Waals surface area contributed by atoms with E-state index in [9.17, 15) is 4.79 Å². The van der Waals surface area contributed by atoms with E-state index in [0.717, 1.165) is 55.4 Å². The summed E-state index contributed by atoms with van der Waals surface area (Å²) in [7, 11) is 0. The highest BCUT2D eigenvalue weighted by molar-refractivity contribution is 7.19. The Morgan fingerprint density at radius 2 is 1.86 bits per heavy atom. The van der Waals surface area contributed by atoms with E-state index in [1.165, 1.54) is 15.8 Å². The van der Waals surface area contributed by atoms with Gasteiger partial charge in [-0.15, -0.1) is 11.3 Å². The fourth-order valence-electron chi connectivity index (χ4n) is 5.23. The number of carbonyl (C=O) groups excluding carboxylic acids is 1. The number of piperazine rings is 1. The zero-order valence-electron chi connectivity index (χ0n) is 21.3. The van der Waals surface area contributed by atoms with Crippen LogP contribution in [0.4, 0.5) is 5.82 Å². The van der Waals surface area contributed by atoms with Crippen molar-refractivity contribution in [2.45, 2.75) is 45.7 Å². The summed E-state index contributed by atoms with van der Waals surface area (Å²) in [6, 6.07) is 7.99. The van der Waals surface area contributed by atoms with Crippen molar-refractivity contribution in [3.63, 3.8) is 0 Å². The monoisotopic (exact) mass is 526 g/mol. The predicted octanol–water partition coefficient (Wildman–Crippen LogP) is 4.15. The van der Waals surface area contributed by atoms with Gasteiger partial charge in [0.2, 0.25) is 5.91 Å². The molecule has 1 fully saturated rings. The minimum Gasteiger partial charge on any atom is -0.352 e. The smallest absolute Gasteiger partial charge is 0.231 e. The Kier molecular flexibility index (Phi) is 7.76. The van der Waals surface area contributed by atoms with E-state index >= 15 is 0 Å². The van der Waals surface area contributed by atoms with Crippen LogP contribution in [0.15, 0.2) is 30.6 Å². The van der Waals surface area contributed by atoms with Crippen LogP contribution in [0.3, 0.4) is 0 Å². The first-order chi connectivity index (χ1) is 17.4. The molecule has 1 saturated heterocycles. The van der Waals surface area contributed by atoms with Crippen LogP contribution in [-0.4, -0.2) is 77.5 Å². The van der Waals surface area contributed by atoms with Crippen LogP contribution in [0, 0.1) is 0 Å². The van der Waals surface area contributed by atoms with Gasteiger partial charge in [0.1, 0.15) is 17.0 Å². The first-order valence-corrected chi connectivity index (χ1v) is 14.1. The number of benzene rings is 1. The maximum absolute atomic E-state index is 13.7. The third-order valence-corrected chi connectivity index (χ3v) is 8.71. The third-order valence-electron chi connectivity index (χ3n) is 7.33. The Labute approximate surface area is 222 Å². The topological polar surface area (TPSA) is 64.6 Å². The Morgan fingerprint density at radius 1 is 1.11 bits per heavy atom. The number of halogens is 1. The minimum absolute atomic E-state index is 0.172. The third kappa shape index (κ3) is 5.23. The molecule has 7 nitrogen and oxygen atoms in total. The number of anilines is 1. The minimum atomic E-state index is -0.229. The molecule has 0 aliphatic carbocycles. The molecule has 0 spiro atoms. The zero-order valence-corrected chi connectivity index (χ0v) is 22.9. The van der Waals surface area contributed by atoms with Gasteiger partial charge in [-0.1, -0.05) is 44.5 Å². The van der Waals surface area contributed by atoms with Gasteiger partial charge in [-0.3, -0.25) is 9.69 Å². The molecule has 0 saturated carbocycles. The number of amides is 1. The highest BCUT2D eigenvalue weighted by Crippen LogP contribution is 2.38. The highest BCUT2D eigenvalue weighted by Gasteiger charge is 2.31. The van der Waals surface area contributed by atoms with Crippen LogP contribution in [0.2, 0.25) is 5.02 Å². The molecule has 1 N–H and O–H groups in total. The van der Waals surface area contributed by atoms with Crippen molar-refractivity contribution in [3.8, 4) is 0 Å². The van der Waals surface area contributed by atoms with E-state index in [1.54, 1.807) is 6.33 Å². The summed E-state index contributed by atoms with van der Waals surface area (Å²) in [6.07, 6.45) is 2.75. The lowest BCUT2D eigenvalue weighted by Gasteiger charge is -2.37. The van der Waals surface area contributed by atoms with Gasteiger partial charge in [-0.2, -0.15) is 0 Å². The molecule has 36 heavy (non-hydrogen) atoms. The van der Waals surface area contributed by atoms with Crippen LogP contribution >= 0.6 is 22.9 Å². The summed E-state index contributed by atoms with van der Waals surface area (Å²) < 4.78 is 0. The van der Waals surface area contributed by atoms with Gasteiger partial charge in [-0.25, -0.2) is 9.97 Å². The van der Waals surface area contributed by atoms with Crippen LogP contribution in [0.5, 0.6) is 0 Å². The lowest BCUT2D eigenvalue weighted by molar-refractivity contribution is -0.133. The molecule has 192 valence electrons. The summed E-state index contributed by atoms with van der Waals surface area (Å²) in [5, 5.41) is 5.37. The number of nitrogens with zero attached hydrogens (tertiary/aromatic N) is 5. The number of fused-ring (bicyclic) bond motifs is 3. The summed E-state index contributed by atoms with van der Waals surface area (Å²) in [5.74, 6) is 0.975. The van der Waals surface area contributed by atoms with E-state index in [0.29, 0.717) is 30.7 Å². The molecule has 9 heteroatoms. The van der Waals surface area contributed by atoms with Gasteiger partial charge >= 0.3 is 0 Å². The number of carbonyl (C=O) groups is 1. The number of hydrogen-bond acceptors (Lipinski definition) is 7. The number of likely N-dealkylation sites (N-methyl/N-ethyl adjacent to an activating group) is 1. The Hall–Kier alpha value is -2.26. The molecule has 1 atom stereocenters. The number of nitrogens with one attached hydrogen (secondary N) is 1. The predicted molar refractivity (Wildman–Crippen MR) is 148 cm³/mol. The van der Waals surface area contributed by atoms with E-state index in [2.05, 4.69) is 40.9 Å². The SMILES string of the molecule is CCN1CCc2c(sc3ncnc(N4CCN(C(=O)C(CNC(C)C)c5ccc(Cl)cc5)CC4)c23)C1. The molecule has 2 aromatic heterocycles. The van der Waals surface area contributed by atoms with Gasteiger partial charge in [0, 0.05) is 61.8 Å². The normalized spacial score (nSPS) is 17.6. The average molecular weight is 527 g/mol. The van der Waals surface area contributed by atoms with Gasteiger partial charge in [0.05, 0.1) is 11.3 Å². The first-order valence-electron chi connectivity index (χ1n) is 12.9. The van der Waals surface area contributed by atoms with Gasteiger partial charge in [0.25, 0.3) is 0 Å². The molecular weight excluding hydrogens is 492 g/mol. The Morgan fingerprint density at radius 3 is 2.56 bits per heavy atom. The van der Waals surface area contributed by atoms with Gasteiger partial charge < -0.3 is 15.1 Å². The number of thiophene rings is 1. The van der Waals surface area contributed by atoms with Crippen molar-refractivity contribution in [1.82, 2.24) is 25.1 Å². The summed E-state index contributed by atoms with van der Waals surface area (Å²) in [6.45, 7) is 13.1.